The maximum atomic E-state index is 12.4. The molecule has 10 heteroatoms. The van der Waals surface area contributed by atoms with Crippen LogP contribution in [0.4, 0.5) is 10.3 Å². The Morgan fingerprint density at radius 1 is 1.41 bits per heavy atom. The number of nitrogens with zero attached hydrogens (tertiary/aromatic N) is 3. The van der Waals surface area contributed by atoms with E-state index >= 15 is 0 Å². The van der Waals surface area contributed by atoms with Gasteiger partial charge in [-0.3, -0.25) is 14.9 Å². The number of aromatic nitrogens is 3. The predicted molar refractivity (Wildman–Crippen MR) is 95.1 cm³/mol. The average molecular weight is 394 g/mol. The molecule has 2 amide bonds. The smallest absolute Gasteiger partial charge is 0.270 e. The topological polar surface area (TPSA) is 106 Å². The number of anilines is 1. The summed E-state index contributed by atoms with van der Waals surface area (Å²) in [5.41, 5.74) is 0.718. The lowest BCUT2D eigenvalue weighted by atomic mass is 10.1. The number of alkyl halides is 1. The van der Waals surface area contributed by atoms with Crippen LogP contribution in [0.5, 0.6) is 5.88 Å². The zero-order valence-corrected chi connectivity index (χ0v) is 15.2. The van der Waals surface area contributed by atoms with Gasteiger partial charge in [-0.05, 0) is 37.5 Å². The number of halogens is 2. The van der Waals surface area contributed by atoms with E-state index in [9.17, 15) is 14.0 Å². The van der Waals surface area contributed by atoms with Gasteiger partial charge in [0, 0.05) is 18.3 Å². The number of carbonyl (C=O) groups excluding carboxylic acids is 2. The van der Waals surface area contributed by atoms with Crippen molar-refractivity contribution in [1.29, 1.82) is 0 Å². The zero-order chi connectivity index (χ0) is 19.4. The lowest BCUT2D eigenvalue weighted by Crippen LogP contribution is -2.28. The first-order valence-electron chi connectivity index (χ1n) is 8.27. The second kappa shape index (κ2) is 8.26. The number of hydrogen-bond donors (Lipinski definition) is 2. The van der Waals surface area contributed by atoms with E-state index in [-0.39, 0.29) is 34.4 Å². The van der Waals surface area contributed by atoms with Crippen LogP contribution in [0.25, 0.3) is 0 Å². The van der Waals surface area contributed by atoms with Crippen molar-refractivity contribution in [2.24, 2.45) is 5.92 Å². The van der Waals surface area contributed by atoms with Gasteiger partial charge in [0.2, 0.25) is 24.6 Å². The van der Waals surface area contributed by atoms with Crippen molar-refractivity contribution in [3.8, 4) is 5.88 Å². The summed E-state index contributed by atoms with van der Waals surface area (Å²) >= 11 is 5.98. The van der Waals surface area contributed by atoms with E-state index in [1.807, 2.05) is 0 Å². The van der Waals surface area contributed by atoms with Crippen LogP contribution in [0, 0.1) is 5.92 Å². The SMILES string of the molecule is CC(NC(=O)c1ccnc(NC(=O)C2CC2)n1)c1cnc(OCF)c(Cl)c1. The van der Waals surface area contributed by atoms with Crippen molar-refractivity contribution in [1.82, 2.24) is 20.3 Å². The summed E-state index contributed by atoms with van der Waals surface area (Å²) in [6.07, 6.45) is 4.55. The fourth-order valence-corrected chi connectivity index (χ4v) is 2.52. The van der Waals surface area contributed by atoms with Crippen molar-refractivity contribution >= 4 is 29.4 Å². The van der Waals surface area contributed by atoms with E-state index in [0.717, 1.165) is 12.8 Å². The summed E-state index contributed by atoms with van der Waals surface area (Å²) in [6.45, 7) is 0.698. The van der Waals surface area contributed by atoms with Crippen molar-refractivity contribution in [2.75, 3.05) is 12.2 Å². The summed E-state index contributed by atoms with van der Waals surface area (Å²) in [5, 5.41) is 5.49. The molecule has 2 aromatic heterocycles. The number of hydrogen-bond acceptors (Lipinski definition) is 6. The molecule has 0 aromatic carbocycles. The van der Waals surface area contributed by atoms with Gasteiger partial charge in [0.05, 0.1) is 6.04 Å². The first-order valence-corrected chi connectivity index (χ1v) is 8.64. The summed E-state index contributed by atoms with van der Waals surface area (Å²) < 4.78 is 16.9. The Balaban J connectivity index is 1.65. The van der Waals surface area contributed by atoms with Crippen LogP contribution in [-0.4, -0.2) is 33.6 Å². The summed E-state index contributed by atoms with van der Waals surface area (Å²) in [7, 11) is 0. The van der Waals surface area contributed by atoms with Gasteiger partial charge >= 0.3 is 0 Å². The van der Waals surface area contributed by atoms with Gasteiger partial charge in [-0.15, -0.1) is 0 Å². The van der Waals surface area contributed by atoms with E-state index in [4.69, 9.17) is 11.6 Å². The first-order chi connectivity index (χ1) is 13.0. The second-order valence-corrected chi connectivity index (χ2v) is 6.44. The number of nitrogens with one attached hydrogen (secondary N) is 2. The van der Waals surface area contributed by atoms with E-state index in [1.54, 1.807) is 6.92 Å². The van der Waals surface area contributed by atoms with Crippen LogP contribution in [0.15, 0.2) is 24.5 Å². The van der Waals surface area contributed by atoms with E-state index < -0.39 is 18.8 Å². The van der Waals surface area contributed by atoms with Crippen molar-refractivity contribution < 1.29 is 18.7 Å². The number of ether oxygens (including phenoxy) is 1. The Bertz CT molecular complexity index is 862. The molecule has 1 unspecified atom stereocenters. The third-order valence-electron chi connectivity index (χ3n) is 3.94. The lowest BCUT2D eigenvalue weighted by molar-refractivity contribution is -0.117. The Hall–Kier alpha value is -2.81. The predicted octanol–water partition coefficient (Wildman–Crippen LogP) is 2.67. The molecule has 142 valence electrons. The Morgan fingerprint density at radius 2 is 2.19 bits per heavy atom. The molecule has 1 aliphatic carbocycles. The van der Waals surface area contributed by atoms with Crippen molar-refractivity contribution in [3.63, 3.8) is 0 Å². The van der Waals surface area contributed by atoms with Gasteiger partial charge < -0.3 is 10.1 Å². The average Bonchev–Trinajstić information content (AvgIpc) is 3.49. The standard InChI is InChI=1S/C17H17ClFN5O3/c1-9(11-6-12(18)16(21-7-11)27-8-19)22-15(26)13-4-5-20-17(23-13)24-14(25)10-2-3-10/h4-7,9-10H,2-3,8H2,1H3,(H,22,26)(H,20,23,24,25). The highest BCUT2D eigenvalue weighted by Crippen LogP contribution is 2.29. The second-order valence-electron chi connectivity index (χ2n) is 6.03. The van der Waals surface area contributed by atoms with Crippen LogP contribution in [0.3, 0.4) is 0 Å². The normalized spacial score (nSPS) is 14.3. The highest BCUT2D eigenvalue weighted by Gasteiger charge is 2.30. The molecule has 27 heavy (non-hydrogen) atoms. The monoisotopic (exact) mass is 393 g/mol. The molecule has 1 fully saturated rings. The molecule has 3 rings (SSSR count). The number of amides is 2. The van der Waals surface area contributed by atoms with Crippen LogP contribution in [0.2, 0.25) is 5.02 Å². The highest BCUT2D eigenvalue weighted by molar-refractivity contribution is 6.31. The Labute approximate surface area is 159 Å². The van der Waals surface area contributed by atoms with E-state index in [0.29, 0.717) is 5.56 Å². The summed E-state index contributed by atoms with van der Waals surface area (Å²) in [5.74, 6) is -0.519. The molecular weight excluding hydrogens is 377 g/mol. The fourth-order valence-electron chi connectivity index (χ4n) is 2.29. The lowest BCUT2D eigenvalue weighted by Gasteiger charge is -2.15. The molecule has 2 heterocycles. The van der Waals surface area contributed by atoms with Gasteiger partial charge in [-0.25, -0.2) is 19.3 Å². The van der Waals surface area contributed by atoms with Crippen LogP contribution >= 0.6 is 11.6 Å². The summed E-state index contributed by atoms with van der Waals surface area (Å²) in [4.78, 5) is 36.1. The molecular formula is C17H17ClFN5O3. The number of carbonyl (C=O) groups is 2. The van der Waals surface area contributed by atoms with Crippen LogP contribution in [0.1, 0.15) is 41.9 Å². The fraction of sp³-hybridized carbons (Fsp3) is 0.353. The molecule has 0 aliphatic heterocycles. The molecule has 0 saturated heterocycles. The third kappa shape index (κ3) is 4.88. The van der Waals surface area contributed by atoms with Gasteiger partial charge in [0.25, 0.3) is 5.91 Å². The van der Waals surface area contributed by atoms with Gasteiger partial charge in [0.15, 0.2) is 0 Å². The maximum absolute atomic E-state index is 12.4. The molecule has 1 aliphatic rings. The molecule has 0 bridgehead atoms. The molecule has 2 aromatic rings. The largest absolute Gasteiger partial charge is 0.445 e. The van der Waals surface area contributed by atoms with Crippen molar-refractivity contribution in [2.45, 2.75) is 25.8 Å². The maximum Gasteiger partial charge on any atom is 0.270 e. The summed E-state index contributed by atoms with van der Waals surface area (Å²) in [6, 6.07) is 2.53. The van der Waals surface area contributed by atoms with E-state index in [2.05, 4.69) is 30.3 Å². The Kier molecular flexibility index (Phi) is 5.80. The molecule has 0 radical (unpaired) electrons. The molecule has 0 spiro atoms. The highest BCUT2D eigenvalue weighted by atomic mass is 35.5. The van der Waals surface area contributed by atoms with E-state index in [1.165, 1.54) is 24.5 Å². The number of rotatable bonds is 7. The number of pyridine rings is 1. The van der Waals surface area contributed by atoms with Crippen LogP contribution < -0.4 is 15.4 Å². The van der Waals surface area contributed by atoms with Crippen molar-refractivity contribution in [3.05, 3.63) is 40.8 Å². The molecule has 2 N–H and O–H groups in total. The quantitative estimate of drug-likeness (QED) is 0.749. The third-order valence-corrected chi connectivity index (χ3v) is 4.21. The molecule has 1 saturated carbocycles. The Morgan fingerprint density at radius 3 is 2.85 bits per heavy atom. The van der Waals surface area contributed by atoms with Crippen LogP contribution in [-0.2, 0) is 4.79 Å². The minimum absolute atomic E-state index is 0.00713. The van der Waals surface area contributed by atoms with Gasteiger partial charge in [-0.2, -0.15) is 0 Å². The minimum Gasteiger partial charge on any atom is -0.445 e. The molecule has 8 nitrogen and oxygen atoms in total. The first kappa shape index (κ1) is 19.0. The zero-order valence-electron chi connectivity index (χ0n) is 14.4. The molecule has 1 atom stereocenters. The van der Waals surface area contributed by atoms with Gasteiger partial charge in [0.1, 0.15) is 10.7 Å². The van der Waals surface area contributed by atoms with Gasteiger partial charge in [-0.1, -0.05) is 11.6 Å². The minimum atomic E-state index is -1.04.